The van der Waals surface area contributed by atoms with E-state index in [1.54, 1.807) is 16.8 Å². The summed E-state index contributed by atoms with van der Waals surface area (Å²) in [6, 6.07) is 8.12. The summed E-state index contributed by atoms with van der Waals surface area (Å²) in [5.74, 6) is 0.271. The fourth-order valence-corrected chi connectivity index (χ4v) is 5.00. The van der Waals surface area contributed by atoms with Crippen LogP contribution in [0.25, 0.3) is 5.69 Å². The summed E-state index contributed by atoms with van der Waals surface area (Å²) in [6.07, 6.45) is 4.90. The number of carbonyl (C=O) groups excluding carboxylic acids is 2. The highest BCUT2D eigenvalue weighted by Gasteiger charge is 2.52. The minimum atomic E-state index is -0.432. The molecule has 1 aliphatic heterocycles. The average molecular weight is 476 g/mol. The number of rotatable bonds is 6. The van der Waals surface area contributed by atoms with Gasteiger partial charge in [0.05, 0.1) is 23.2 Å². The molecule has 5 rings (SSSR count). The lowest BCUT2D eigenvalue weighted by molar-refractivity contribution is -0.125. The van der Waals surface area contributed by atoms with Crippen molar-refractivity contribution in [2.75, 3.05) is 16.8 Å². The maximum absolute atomic E-state index is 14.3. The lowest BCUT2D eigenvalue weighted by Gasteiger charge is -2.23. The fraction of sp³-hybridized carbons (Fsp3) is 0.407. The highest BCUT2D eigenvalue weighted by atomic mass is 19.1. The second kappa shape index (κ2) is 8.59. The lowest BCUT2D eigenvalue weighted by Crippen LogP contribution is -2.34. The first-order chi connectivity index (χ1) is 16.6. The summed E-state index contributed by atoms with van der Waals surface area (Å²) >= 11 is 0. The van der Waals surface area contributed by atoms with Gasteiger partial charge in [-0.1, -0.05) is 6.92 Å². The number of nitrogens with one attached hydrogen (secondary N) is 1. The number of amides is 2. The van der Waals surface area contributed by atoms with E-state index in [4.69, 9.17) is 0 Å². The standard InChI is InChI=1S/C27H30FN5O2/c1-16-15-33(31-18(16)3)23-11-19(10-21(28)13-23)12-25(34)30-24-14-22(9-17(2)29-24)32-8-7-27(4,26(32)35)20-5-6-20/h9-11,13-15,20H,5-8,12H2,1-4H3,(H,29,30,34)/t27-/m0/s1. The van der Waals surface area contributed by atoms with E-state index in [2.05, 4.69) is 22.3 Å². The van der Waals surface area contributed by atoms with E-state index in [-0.39, 0.29) is 23.7 Å². The molecule has 1 aromatic carbocycles. The van der Waals surface area contributed by atoms with Gasteiger partial charge in [-0.15, -0.1) is 0 Å². The molecule has 1 saturated heterocycles. The van der Waals surface area contributed by atoms with Crippen molar-refractivity contribution in [1.82, 2.24) is 14.8 Å². The van der Waals surface area contributed by atoms with Crippen LogP contribution in [-0.2, 0) is 16.0 Å². The smallest absolute Gasteiger partial charge is 0.233 e. The summed E-state index contributed by atoms with van der Waals surface area (Å²) < 4.78 is 15.9. The normalized spacial score (nSPS) is 19.9. The zero-order chi connectivity index (χ0) is 24.9. The number of benzene rings is 1. The van der Waals surface area contributed by atoms with Crippen LogP contribution in [0.1, 0.15) is 48.7 Å². The molecule has 3 heterocycles. The molecular weight excluding hydrogens is 445 g/mol. The number of anilines is 2. The summed E-state index contributed by atoms with van der Waals surface area (Å²) in [4.78, 5) is 32.3. The SMILES string of the molecule is Cc1cc(N2CC[C@@](C)(C3CC3)C2=O)cc(NC(=O)Cc2cc(F)cc(-n3cc(C)c(C)n3)c2)n1. The number of nitrogens with zero attached hydrogens (tertiary/aromatic N) is 4. The van der Waals surface area contributed by atoms with Gasteiger partial charge >= 0.3 is 0 Å². The van der Waals surface area contributed by atoms with Gasteiger partial charge in [0.15, 0.2) is 0 Å². The zero-order valence-electron chi connectivity index (χ0n) is 20.6. The van der Waals surface area contributed by atoms with Crippen LogP contribution in [0.3, 0.4) is 0 Å². The van der Waals surface area contributed by atoms with Gasteiger partial charge in [0.1, 0.15) is 11.6 Å². The Bertz CT molecular complexity index is 1310. The molecule has 1 saturated carbocycles. The predicted octanol–water partition coefficient (Wildman–Crippen LogP) is 4.67. The molecule has 0 radical (unpaired) electrons. The van der Waals surface area contributed by atoms with Crippen molar-refractivity contribution in [3.8, 4) is 5.69 Å². The first-order valence-electron chi connectivity index (χ1n) is 12.1. The third-order valence-electron chi connectivity index (χ3n) is 7.30. The predicted molar refractivity (Wildman–Crippen MR) is 132 cm³/mol. The molecule has 1 aliphatic carbocycles. The molecule has 0 unspecified atom stereocenters. The molecule has 7 nitrogen and oxygen atoms in total. The molecule has 1 atom stereocenters. The molecule has 0 spiro atoms. The quantitative estimate of drug-likeness (QED) is 0.562. The summed E-state index contributed by atoms with van der Waals surface area (Å²) in [5, 5.41) is 7.23. The largest absolute Gasteiger partial charge is 0.312 e. The van der Waals surface area contributed by atoms with Gasteiger partial charge in [-0.25, -0.2) is 14.1 Å². The van der Waals surface area contributed by atoms with E-state index >= 15 is 0 Å². The Balaban J connectivity index is 1.32. The zero-order valence-corrected chi connectivity index (χ0v) is 20.6. The molecule has 35 heavy (non-hydrogen) atoms. The Labute approximate surface area is 204 Å². The topological polar surface area (TPSA) is 80.1 Å². The maximum atomic E-state index is 14.3. The number of aryl methyl sites for hydroxylation is 3. The molecule has 2 amide bonds. The molecule has 8 heteroatoms. The number of hydrogen-bond donors (Lipinski definition) is 1. The Morgan fingerprint density at radius 1 is 1.14 bits per heavy atom. The average Bonchev–Trinajstić information content (AvgIpc) is 3.52. The number of carbonyl (C=O) groups is 2. The van der Waals surface area contributed by atoms with Crippen LogP contribution >= 0.6 is 0 Å². The van der Waals surface area contributed by atoms with Crippen molar-refractivity contribution in [2.45, 2.75) is 53.4 Å². The number of pyridine rings is 1. The molecule has 182 valence electrons. The first-order valence-corrected chi connectivity index (χ1v) is 12.1. The Kier molecular flexibility index (Phi) is 5.69. The van der Waals surface area contributed by atoms with Crippen LogP contribution in [0, 0.1) is 37.9 Å². The molecule has 3 aromatic rings. The van der Waals surface area contributed by atoms with Crippen LogP contribution in [0.15, 0.2) is 36.5 Å². The molecule has 2 fully saturated rings. The molecule has 0 bridgehead atoms. The third kappa shape index (κ3) is 4.57. The van der Waals surface area contributed by atoms with Crippen LogP contribution < -0.4 is 10.2 Å². The fourth-order valence-electron chi connectivity index (χ4n) is 5.00. The minimum absolute atomic E-state index is 0.0165. The van der Waals surface area contributed by atoms with Gasteiger partial charge in [0.2, 0.25) is 11.8 Å². The Morgan fingerprint density at radius 3 is 2.60 bits per heavy atom. The lowest BCUT2D eigenvalue weighted by atomic mass is 9.83. The van der Waals surface area contributed by atoms with E-state index < -0.39 is 5.82 Å². The van der Waals surface area contributed by atoms with Gasteiger partial charge in [-0.05, 0) is 81.3 Å². The first kappa shape index (κ1) is 23.2. The molecular formula is C27H30FN5O2. The Morgan fingerprint density at radius 2 is 1.91 bits per heavy atom. The van der Waals surface area contributed by atoms with Crippen molar-refractivity contribution < 1.29 is 14.0 Å². The highest BCUT2D eigenvalue weighted by molar-refractivity contribution is 6.01. The number of hydrogen-bond acceptors (Lipinski definition) is 4. The summed E-state index contributed by atoms with van der Waals surface area (Å²) in [7, 11) is 0. The van der Waals surface area contributed by atoms with Crippen molar-refractivity contribution in [2.24, 2.45) is 11.3 Å². The second-order valence-electron chi connectivity index (χ2n) is 10.1. The van der Waals surface area contributed by atoms with E-state index in [1.807, 2.05) is 37.9 Å². The van der Waals surface area contributed by atoms with Crippen molar-refractivity contribution >= 4 is 23.3 Å². The van der Waals surface area contributed by atoms with Gasteiger partial charge in [0, 0.05) is 30.2 Å². The van der Waals surface area contributed by atoms with Crippen LogP contribution in [-0.4, -0.2) is 33.1 Å². The third-order valence-corrected chi connectivity index (χ3v) is 7.30. The molecule has 2 aromatic heterocycles. The van der Waals surface area contributed by atoms with Gasteiger partial charge in [0.25, 0.3) is 0 Å². The van der Waals surface area contributed by atoms with Crippen molar-refractivity contribution in [1.29, 1.82) is 0 Å². The van der Waals surface area contributed by atoms with Gasteiger partial charge < -0.3 is 10.2 Å². The number of halogens is 1. The van der Waals surface area contributed by atoms with Crippen molar-refractivity contribution in [3.05, 3.63) is 64.9 Å². The van der Waals surface area contributed by atoms with Crippen molar-refractivity contribution in [3.63, 3.8) is 0 Å². The molecule has 1 N–H and O–H groups in total. The van der Waals surface area contributed by atoms with Crippen LogP contribution in [0.2, 0.25) is 0 Å². The van der Waals surface area contributed by atoms with E-state index in [1.165, 1.54) is 12.1 Å². The van der Waals surface area contributed by atoms with Gasteiger partial charge in [-0.2, -0.15) is 5.10 Å². The summed E-state index contributed by atoms with van der Waals surface area (Å²) in [5.41, 5.74) is 4.13. The van der Waals surface area contributed by atoms with Crippen LogP contribution in [0.4, 0.5) is 15.9 Å². The van der Waals surface area contributed by atoms with Gasteiger partial charge in [-0.3, -0.25) is 9.59 Å². The van der Waals surface area contributed by atoms with Crippen LogP contribution in [0.5, 0.6) is 0 Å². The maximum Gasteiger partial charge on any atom is 0.233 e. The number of aromatic nitrogens is 3. The minimum Gasteiger partial charge on any atom is -0.312 e. The Hall–Kier alpha value is -3.55. The second-order valence-corrected chi connectivity index (χ2v) is 10.1. The monoisotopic (exact) mass is 475 g/mol. The van der Waals surface area contributed by atoms with E-state index in [0.717, 1.165) is 36.2 Å². The highest BCUT2D eigenvalue weighted by Crippen LogP contribution is 2.52. The summed E-state index contributed by atoms with van der Waals surface area (Å²) in [6.45, 7) is 8.42. The van der Waals surface area contributed by atoms with E-state index in [9.17, 15) is 14.0 Å². The molecule has 2 aliphatic rings. The van der Waals surface area contributed by atoms with E-state index in [0.29, 0.717) is 35.2 Å².